The first-order chi connectivity index (χ1) is 11.9. The Morgan fingerprint density at radius 3 is 2.64 bits per heavy atom. The van der Waals surface area contributed by atoms with E-state index in [-0.39, 0.29) is 0 Å². The molecule has 0 atom stereocenters. The minimum absolute atomic E-state index is 0.345. The zero-order valence-electron chi connectivity index (χ0n) is 14.8. The van der Waals surface area contributed by atoms with Crippen molar-refractivity contribution in [1.29, 1.82) is 5.26 Å². The van der Waals surface area contributed by atoms with Crippen LogP contribution in [-0.4, -0.2) is 23.8 Å². The molecule has 5 heteroatoms. The molecule has 3 rings (SSSR count). The van der Waals surface area contributed by atoms with Gasteiger partial charge in [-0.15, -0.1) is 0 Å². The van der Waals surface area contributed by atoms with Gasteiger partial charge in [0.05, 0.1) is 5.70 Å². The summed E-state index contributed by atoms with van der Waals surface area (Å²) in [7, 11) is 0. The number of benzene rings is 1. The van der Waals surface area contributed by atoms with Crippen LogP contribution in [0, 0.1) is 16.7 Å². The van der Waals surface area contributed by atoms with Gasteiger partial charge in [0.1, 0.15) is 17.5 Å². The Hall–Kier alpha value is -2.25. The lowest BCUT2D eigenvalue weighted by Crippen LogP contribution is -2.40. The van der Waals surface area contributed by atoms with Crippen LogP contribution in [0.2, 0.25) is 5.02 Å². The molecule has 0 saturated carbocycles. The van der Waals surface area contributed by atoms with Crippen molar-refractivity contribution in [1.82, 2.24) is 10.2 Å². The number of likely N-dealkylation sites (tertiary alicyclic amines) is 1. The lowest BCUT2D eigenvalue weighted by molar-refractivity contribution is 0.160. The molecule has 2 aliphatic heterocycles. The maximum absolute atomic E-state index is 9.56. The number of hydrogen-bond acceptors (Lipinski definition) is 4. The monoisotopic (exact) mass is 354 g/mol. The highest BCUT2D eigenvalue weighted by Crippen LogP contribution is 2.33. The molecule has 130 valence electrons. The number of allylic oxidation sites excluding steroid dienone is 1. The quantitative estimate of drug-likeness (QED) is 0.882. The third-order valence-corrected chi connectivity index (χ3v) is 5.27. The topological polar surface area (TPSA) is 51.4 Å². The van der Waals surface area contributed by atoms with Gasteiger partial charge in [-0.25, -0.2) is 4.99 Å². The van der Waals surface area contributed by atoms with Crippen molar-refractivity contribution in [2.75, 3.05) is 13.1 Å². The number of halogens is 1. The van der Waals surface area contributed by atoms with Gasteiger partial charge >= 0.3 is 0 Å². The van der Waals surface area contributed by atoms with Crippen LogP contribution in [0.3, 0.4) is 0 Å². The van der Waals surface area contributed by atoms with Crippen LogP contribution in [0.15, 0.2) is 52.9 Å². The van der Waals surface area contributed by atoms with Gasteiger partial charge in [0.2, 0.25) is 0 Å². The van der Waals surface area contributed by atoms with Gasteiger partial charge in [-0.3, -0.25) is 0 Å². The Labute approximate surface area is 154 Å². The fourth-order valence-electron chi connectivity index (χ4n) is 3.16. The van der Waals surface area contributed by atoms with E-state index in [9.17, 15) is 5.26 Å². The number of nitriles is 1. The van der Waals surface area contributed by atoms with Crippen LogP contribution < -0.4 is 5.32 Å². The highest BCUT2D eigenvalue weighted by atomic mass is 35.5. The summed E-state index contributed by atoms with van der Waals surface area (Å²) in [6.45, 7) is 10.4. The van der Waals surface area contributed by atoms with Crippen LogP contribution in [0.25, 0.3) is 0 Å². The van der Waals surface area contributed by atoms with Crippen LogP contribution in [-0.2, 0) is 6.42 Å². The summed E-state index contributed by atoms with van der Waals surface area (Å²) in [6, 6.07) is 10.00. The van der Waals surface area contributed by atoms with E-state index in [0.29, 0.717) is 28.1 Å². The van der Waals surface area contributed by atoms with E-state index in [0.717, 1.165) is 43.2 Å². The number of hydrogen-bond donors (Lipinski definition) is 1. The van der Waals surface area contributed by atoms with Crippen LogP contribution in [0.4, 0.5) is 0 Å². The fourth-order valence-corrected chi connectivity index (χ4v) is 3.36. The predicted octanol–water partition coefficient (Wildman–Crippen LogP) is 4.26. The second-order valence-corrected chi connectivity index (χ2v) is 7.80. The molecule has 0 amide bonds. The summed E-state index contributed by atoms with van der Waals surface area (Å²) in [6.07, 6.45) is 2.76. The van der Waals surface area contributed by atoms with Gasteiger partial charge in [0.25, 0.3) is 0 Å². The number of amidine groups is 1. The summed E-state index contributed by atoms with van der Waals surface area (Å²) >= 11 is 6.27. The van der Waals surface area contributed by atoms with Crippen LogP contribution in [0.1, 0.15) is 32.3 Å². The lowest BCUT2D eigenvalue weighted by Gasteiger charge is -2.39. The fraction of sp³-hybridized carbons (Fsp3) is 0.400. The van der Waals surface area contributed by atoms with Gasteiger partial charge in [-0.2, -0.15) is 5.26 Å². The molecule has 1 N–H and O–H groups in total. The van der Waals surface area contributed by atoms with Crippen molar-refractivity contribution in [3.63, 3.8) is 0 Å². The maximum atomic E-state index is 9.56. The van der Waals surface area contributed by atoms with Gasteiger partial charge in [-0.05, 0) is 29.9 Å². The van der Waals surface area contributed by atoms with E-state index in [2.05, 4.69) is 36.7 Å². The van der Waals surface area contributed by atoms with E-state index in [4.69, 9.17) is 16.6 Å². The van der Waals surface area contributed by atoms with Crippen molar-refractivity contribution in [2.24, 2.45) is 10.4 Å². The molecule has 4 nitrogen and oxygen atoms in total. The van der Waals surface area contributed by atoms with Crippen molar-refractivity contribution < 1.29 is 0 Å². The van der Waals surface area contributed by atoms with E-state index < -0.39 is 0 Å². The Morgan fingerprint density at radius 1 is 1.32 bits per heavy atom. The molecular weight excluding hydrogens is 332 g/mol. The molecule has 0 radical (unpaired) electrons. The molecule has 2 heterocycles. The third-order valence-electron chi connectivity index (χ3n) is 4.91. The number of rotatable bonds is 3. The average Bonchev–Trinajstić information content (AvgIpc) is 2.56. The maximum Gasteiger partial charge on any atom is 0.150 e. The van der Waals surface area contributed by atoms with Crippen molar-refractivity contribution in [2.45, 2.75) is 33.1 Å². The molecule has 0 bridgehead atoms. The van der Waals surface area contributed by atoms with Crippen molar-refractivity contribution >= 4 is 17.4 Å². The molecule has 1 aromatic rings. The number of nitrogens with zero attached hydrogens (tertiary/aromatic N) is 3. The summed E-state index contributed by atoms with van der Waals surface area (Å²) in [5.74, 6) is 1.51. The summed E-state index contributed by atoms with van der Waals surface area (Å²) < 4.78 is 0. The minimum Gasteiger partial charge on any atom is -0.355 e. The first-order valence-electron chi connectivity index (χ1n) is 8.56. The van der Waals surface area contributed by atoms with E-state index in [1.807, 2.05) is 24.3 Å². The highest BCUT2D eigenvalue weighted by Gasteiger charge is 2.30. The molecule has 0 aromatic heterocycles. The van der Waals surface area contributed by atoms with E-state index >= 15 is 0 Å². The molecule has 0 aliphatic carbocycles. The lowest BCUT2D eigenvalue weighted by atomic mass is 9.82. The number of nitrogens with one attached hydrogen (secondary N) is 1. The summed E-state index contributed by atoms with van der Waals surface area (Å²) in [5.41, 5.74) is 2.49. The SMILES string of the molecule is C=C1NC(Cc2ccccc2Cl)=NC(N2CCC(C)(C)CC2)=C1C#N. The second-order valence-electron chi connectivity index (χ2n) is 7.39. The first-order valence-corrected chi connectivity index (χ1v) is 8.94. The Bertz CT molecular complexity index is 788. The summed E-state index contributed by atoms with van der Waals surface area (Å²) in [4.78, 5) is 6.97. The Balaban J connectivity index is 1.88. The molecule has 1 saturated heterocycles. The van der Waals surface area contributed by atoms with E-state index in [1.54, 1.807) is 0 Å². The Kier molecular flexibility index (Phi) is 4.87. The molecule has 1 fully saturated rings. The third kappa shape index (κ3) is 3.88. The molecular formula is C20H23ClN4. The minimum atomic E-state index is 0.345. The van der Waals surface area contributed by atoms with Crippen LogP contribution >= 0.6 is 11.6 Å². The number of piperidine rings is 1. The zero-order chi connectivity index (χ0) is 18.0. The largest absolute Gasteiger partial charge is 0.355 e. The molecule has 0 unspecified atom stereocenters. The Morgan fingerprint density at radius 2 is 2.00 bits per heavy atom. The molecule has 25 heavy (non-hydrogen) atoms. The normalized spacial score (nSPS) is 20.0. The standard InChI is InChI=1S/C20H23ClN4/c1-14-16(13-22)19(25-10-8-20(2,3)9-11-25)24-18(23-14)12-15-6-4-5-7-17(15)21/h4-7H,1,8-12H2,2-3H3,(H,23,24). The predicted molar refractivity (Wildman–Crippen MR) is 102 cm³/mol. The second kappa shape index (κ2) is 6.93. The smallest absolute Gasteiger partial charge is 0.150 e. The number of aliphatic imine (C=N–C) groups is 1. The van der Waals surface area contributed by atoms with Gasteiger partial charge in [0, 0.05) is 24.5 Å². The van der Waals surface area contributed by atoms with Crippen molar-refractivity contribution in [3.05, 3.63) is 58.5 Å². The van der Waals surface area contributed by atoms with Gasteiger partial charge < -0.3 is 10.2 Å². The average molecular weight is 355 g/mol. The van der Waals surface area contributed by atoms with Gasteiger partial charge in [-0.1, -0.05) is 50.2 Å². The first kappa shape index (κ1) is 17.6. The zero-order valence-corrected chi connectivity index (χ0v) is 15.5. The van der Waals surface area contributed by atoms with Crippen LogP contribution in [0.5, 0.6) is 0 Å². The van der Waals surface area contributed by atoms with E-state index in [1.165, 1.54) is 0 Å². The molecule has 1 aromatic carbocycles. The van der Waals surface area contributed by atoms with Crippen molar-refractivity contribution in [3.8, 4) is 6.07 Å². The summed E-state index contributed by atoms with van der Waals surface area (Å²) in [5, 5.41) is 13.4. The highest BCUT2D eigenvalue weighted by molar-refractivity contribution is 6.31. The van der Waals surface area contributed by atoms with Gasteiger partial charge in [0.15, 0.2) is 5.82 Å². The molecule has 0 spiro atoms. The molecule has 2 aliphatic rings.